The zero-order chi connectivity index (χ0) is 64.6. The molecule has 0 radical (unpaired) electrons. The lowest BCUT2D eigenvalue weighted by Crippen LogP contribution is -2.45. The van der Waals surface area contributed by atoms with Gasteiger partial charge >= 0.3 is 12.1 Å². The summed E-state index contributed by atoms with van der Waals surface area (Å²) >= 11 is 1.55. The van der Waals surface area contributed by atoms with Gasteiger partial charge in [-0.1, -0.05) is 173 Å². The quantitative estimate of drug-likeness (QED) is 0.0207. The Kier molecular flexibility index (Phi) is 23.3. The van der Waals surface area contributed by atoms with Gasteiger partial charge in [-0.2, -0.15) is 11.8 Å². The number of nitrogens with zero attached hydrogens (tertiary/aromatic N) is 2. The molecular weight excluding hydrogens is 1180 g/mol. The van der Waals surface area contributed by atoms with Crippen molar-refractivity contribution in [2.75, 3.05) is 45.1 Å². The average Bonchev–Trinajstić information content (AvgIpc) is 1.70. The Labute approximate surface area is 546 Å². The first kappa shape index (κ1) is 66.9. The van der Waals surface area contributed by atoms with Crippen molar-refractivity contribution >= 4 is 59.3 Å². The van der Waals surface area contributed by atoms with Crippen LogP contribution in [0.2, 0.25) is 0 Å². The average molecular weight is 1270 g/mol. The van der Waals surface area contributed by atoms with Crippen LogP contribution < -0.4 is 26.6 Å². The van der Waals surface area contributed by atoms with Crippen LogP contribution in [0, 0.1) is 23.7 Å². The Morgan fingerprint density at radius 2 is 0.848 bits per heavy atom. The van der Waals surface area contributed by atoms with Gasteiger partial charge in [-0.15, -0.1) is 0 Å². The van der Waals surface area contributed by atoms with Crippen LogP contribution in [0.4, 0.5) is 4.79 Å². The molecule has 2 saturated heterocycles. The number of esters is 1. The highest BCUT2D eigenvalue weighted by Crippen LogP contribution is 2.44. The molecule has 5 aromatic carbocycles. The van der Waals surface area contributed by atoms with Crippen molar-refractivity contribution in [2.45, 2.75) is 158 Å². The zero-order valence-corrected chi connectivity index (χ0v) is 54.3. The SMILES string of the molecule is CC(C)(C)OC(=O)N[C@@H](CSCc1ccccc1)C(=O)OCCCCCCCCCCCCNC(=O)[C@@H]1CN(C(=O)c2ccc(C(=O)N3C[C@@H](C(=O)N[C@H]4C[C@@H]4c4ccccc4)[C@H](C(=O)N[C@H]4C[C@@H]4c4ccccc4)C3)cc2)C[C@H]1C(=O)N[C@H]1C[C@@H]1c1ccccc1. The number of hydrogen-bond acceptors (Lipinski definition) is 11. The summed E-state index contributed by atoms with van der Waals surface area (Å²) in [6.07, 6.45) is 11.6. The Balaban J connectivity index is 0.662. The lowest BCUT2D eigenvalue weighted by Gasteiger charge is -2.23. The molecule has 11 atom stereocenters. The number of hydrogen-bond donors (Lipinski definition) is 5. The minimum absolute atomic E-state index is 0.0490. The summed E-state index contributed by atoms with van der Waals surface area (Å²) in [7, 11) is 0. The summed E-state index contributed by atoms with van der Waals surface area (Å²) in [5, 5.41) is 15.4. The van der Waals surface area contributed by atoms with Crippen molar-refractivity contribution in [1.29, 1.82) is 0 Å². The number of ether oxygens (including phenoxy) is 2. The van der Waals surface area contributed by atoms with Crippen molar-refractivity contribution in [2.24, 2.45) is 23.7 Å². The van der Waals surface area contributed by atoms with Crippen LogP contribution in [-0.2, 0) is 39.2 Å². The summed E-state index contributed by atoms with van der Waals surface area (Å²) < 4.78 is 11.0. The summed E-state index contributed by atoms with van der Waals surface area (Å²) in [6.45, 7) is 6.34. The van der Waals surface area contributed by atoms with E-state index in [9.17, 15) is 38.4 Å². The number of likely N-dealkylation sites (tertiary alicyclic amines) is 2. The molecule has 2 heterocycles. The summed E-state index contributed by atoms with van der Waals surface area (Å²) in [5.41, 5.74) is 4.51. The van der Waals surface area contributed by atoms with Crippen molar-refractivity contribution in [3.63, 3.8) is 0 Å². The number of rotatable bonds is 31. The number of nitrogens with one attached hydrogen (secondary N) is 5. The topological polar surface area (TPSA) is 222 Å². The molecule has 0 aromatic heterocycles. The normalized spacial score (nSPS) is 23.1. The molecule has 5 aliphatic rings. The number of thioether (sulfide) groups is 1. The Hall–Kier alpha value is -7.99. The van der Waals surface area contributed by atoms with Gasteiger partial charge < -0.3 is 45.9 Å². The fourth-order valence-electron chi connectivity index (χ4n) is 13.0. The lowest BCUT2D eigenvalue weighted by atomic mass is 9.94. The second-order valence-corrected chi connectivity index (χ2v) is 27.8. The minimum atomic E-state index is -0.820. The maximum Gasteiger partial charge on any atom is 0.408 e. The van der Waals surface area contributed by atoms with Gasteiger partial charge in [0.25, 0.3) is 11.8 Å². The number of benzene rings is 5. The van der Waals surface area contributed by atoms with Gasteiger partial charge in [0.2, 0.25) is 23.6 Å². The molecule has 5 fully saturated rings. The molecule has 3 saturated carbocycles. The third-order valence-electron chi connectivity index (χ3n) is 18.5. The van der Waals surface area contributed by atoms with Crippen molar-refractivity contribution in [3.8, 4) is 0 Å². The second kappa shape index (κ2) is 32.0. The number of carbonyl (C=O) groups is 8. The maximum atomic E-state index is 14.3. The van der Waals surface area contributed by atoms with E-state index in [4.69, 9.17) is 9.47 Å². The molecule has 0 spiro atoms. The summed E-state index contributed by atoms with van der Waals surface area (Å²) in [4.78, 5) is 114. The molecule has 17 nitrogen and oxygen atoms in total. The first-order chi connectivity index (χ1) is 44.6. The fourth-order valence-corrected chi connectivity index (χ4v) is 14.0. The van der Waals surface area contributed by atoms with E-state index in [1.54, 1.807) is 66.6 Å². The van der Waals surface area contributed by atoms with E-state index in [2.05, 4.69) is 63.0 Å². The molecule has 488 valence electrons. The summed E-state index contributed by atoms with van der Waals surface area (Å²) in [6, 6.07) is 45.5. The maximum absolute atomic E-state index is 14.3. The zero-order valence-electron chi connectivity index (χ0n) is 53.4. The van der Waals surface area contributed by atoms with E-state index in [0.29, 0.717) is 29.2 Å². The molecule has 3 aliphatic carbocycles. The van der Waals surface area contributed by atoms with Crippen LogP contribution in [0.5, 0.6) is 0 Å². The van der Waals surface area contributed by atoms with E-state index in [0.717, 1.165) is 106 Å². The molecule has 10 rings (SSSR count). The van der Waals surface area contributed by atoms with Crippen LogP contribution in [0.1, 0.15) is 165 Å². The highest BCUT2D eigenvalue weighted by Gasteiger charge is 2.50. The van der Waals surface area contributed by atoms with Gasteiger partial charge in [-0.05, 0) is 99.4 Å². The Morgan fingerprint density at radius 1 is 0.478 bits per heavy atom. The predicted octanol–water partition coefficient (Wildman–Crippen LogP) is 10.5. The van der Waals surface area contributed by atoms with Crippen LogP contribution in [0.15, 0.2) is 146 Å². The highest BCUT2D eigenvalue weighted by atomic mass is 32.2. The molecule has 0 unspecified atom stereocenters. The first-order valence-electron chi connectivity index (χ1n) is 33.4. The smallest absolute Gasteiger partial charge is 0.408 e. The van der Waals surface area contributed by atoms with Crippen LogP contribution in [0.25, 0.3) is 0 Å². The van der Waals surface area contributed by atoms with Crippen molar-refractivity contribution in [1.82, 2.24) is 36.4 Å². The van der Waals surface area contributed by atoms with Crippen LogP contribution >= 0.6 is 11.8 Å². The third-order valence-corrected chi connectivity index (χ3v) is 19.6. The fraction of sp³-hybridized carbons (Fsp3) is 0.486. The van der Waals surface area contributed by atoms with Gasteiger partial charge in [0.05, 0.1) is 30.3 Å². The van der Waals surface area contributed by atoms with E-state index >= 15 is 0 Å². The van der Waals surface area contributed by atoms with Gasteiger partial charge in [0, 0.05) is 91.2 Å². The van der Waals surface area contributed by atoms with Crippen molar-refractivity contribution < 1.29 is 47.8 Å². The van der Waals surface area contributed by atoms with Gasteiger partial charge in [-0.25, -0.2) is 9.59 Å². The standard InChI is InChI=1S/C74H91N7O10S/c1-74(2,3)91-73(89)79-65(48-92-47-49-26-16-12-17-27-49)72(88)90-39-25-11-9-7-5-4-6-8-10-24-38-75-66(82)58-43-80(44-59(58)67(83)76-62-40-55(62)50-28-18-13-19-29-50)70(86)53-34-36-54(37-35-53)71(87)81-45-60(68(84)77-63-41-56(63)51-30-20-14-21-31-51)61(46-81)69(85)78-64-42-57(64)52-32-22-15-23-33-52/h12-23,26-37,55-65H,4-11,24-25,38-48H2,1-3H3,(H,75,82)(H,76,83)(H,77,84)(H,78,85)(H,79,89)/t55-,56-,57-,58-,59-,60-,61-,62+,63+,64+,65+/m1/s1. The number of carbonyl (C=O) groups excluding carboxylic acids is 8. The van der Waals surface area contributed by atoms with E-state index in [-0.39, 0.29) is 104 Å². The molecule has 2 aliphatic heterocycles. The van der Waals surface area contributed by atoms with Crippen molar-refractivity contribution in [3.05, 3.63) is 179 Å². The molecular formula is C74H91N7O10S. The predicted molar refractivity (Wildman–Crippen MR) is 355 cm³/mol. The third kappa shape index (κ3) is 19.1. The van der Waals surface area contributed by atoms with Gasteiger partial charge in [0.1, 0.15) is 11.6 Å². The monoisotopic (exact) mass is 1270 g/mol. The van der Waals surface area contributed by atoms with Crippen LogP contribution in [-0.4, -0.2) is 132 Å². The minimum Gasteiger partial charge on any atom is -0.464 e. The Bertz CT molecular complexity index is 3220. The number of alkyl carbamates (subject to hydrolysis) is 1. The molecule has 18 heteroatoms. The molecule has 5 N–H and O–H groups in total. The van der Waals surface area contributed by atoms with E-state index in [1.165, 1.54) is 0 Å². The van der Waals surface area contributed by atoms with Gasteiger partial charge in [-0.3, -0.25) is 28.8 Å². The molecule has 5 aromatic rings. The number of unbranched alkanes of at least 4 members (excludes halogenated alkanes) is 9. The van der Waals surface area contributed by atoms with Gasteiger partial charge in [0.15, 0.2) is 0 Å². The number of amides is 7. The Morgan fingerprint density at radius 3 is 1.25 bits per heavy atom. The first-order valence-corrected chi connectivity index (χ1v) is 34.5. The van der Waals surface area contributed by atoms with E-state index in [1.807, 2.05) is 84.9 Å². The summed E-state index contributed by atoms with van der Waals surface area (Å²) in [5.74, 6) is -3.53. The largest absolute Gasteiger partial charge is 0.464 e. The van der Waals surface area contributed by atoms with Crippen LogP contribution in [0.3, 0.4) is 0 Å². The molecule has 0 bridgehead atoms. The lowest BCUT2D eigenvalue weighted by molar-refractivity contribution is -0.145. The molecule has 7 amide bonds. The highest BCUT2D eigenvalue weighted by molar-refractivity contribution is 7.98. The molecule has 92 heavy (non-hydrogen) atoms. The van der Waals surface area contributed by atoms with E-state index < -0.39 is 47.4 Å². The second-order valence-electron chi connectivity index (χ2n) is 26.7.